The molecule has 0 saturated carbocycles. The van der Waals surface area contributed by atoms with Gasteiger partial charge in [-0.05, 0) is 24.0 Å². The molecule has 112 valence electrons. The summed E-state index contributed by atoms with van der Waals surface area (Å²) < 4.78 is 5.83. The Labute approximate surface area is 126 Å². The quantitative estimate of drug-likeness (QED) is 0.848. The van der Waals surface area contributed by atoms with E-state index in [4.69, 9.17) is 4.74 Å². The molecule has 21 heavy (non-hydrogen) atoms. The van der Waals surface area contributed by atoms with Gasteiger partial charge in [-0.15, -0.1) is 0 Å². The summed E-state index contributed by atoms with van der Waals surface area (Å²) in [6.07, 6.45) is 10.4. The second kappa shape index (κ2) is 6.57. The van der Waals surface area contributed by atoms with E-state index < -0.39 is 0 Å². The largest absolute Gasteiger partial charge is 0.473 e. The van der Waals surface area contributed by atoms with Gasteiger partial charge in [0.15, 0.2) is 6.73 Å². The van der Waals surface area contributed by atoms with Crippen LogP contribution >= 0.6 is 0 Å². The number of allylic oxidation sites excluding steroid dienone is 3. The van der Waals surface area contributed by atoms with Crippen molar-refractivity contribution in [2.75, 3.05) is 18.2 Å². The molecule has 1 aliphatic rings. The third-order valence-corrected chi connectivity index (χ3v) is 3.12. The molecular formula is C17H23N3O. The summed E-state index contributed by atoms with van der Waals surface area (Å²) in [5.74, 6) is 1.58. The first-order valence-electron chi connectivity index (χ1n) is 7.16. The fourth-order valence-corrected chi connectivity index (χ4v) is 2.01. The summed E-state index contributed by atoms with van der Waals surface area (Å²) in [4.78, 5) is 10.6. The molecule has 0 aliphatic carbocycles. The van der Waals surface area contributed by atoms with Crippen molar-refractivity contribution in [3.63, 3.8) is 0 Å². The number of ether oxygens (including phenoxy) is 1. The predicted molar refractivity (Wildman–Crippen MR) is 85.8 cm³/mol. The van der Waals surface area contributed by atoms with Gasteiger partial charge in [0, 0.05) is 18.0 Å². The molecule has 0 spiro atoms. The van der Waals surface area contributed by atoms with Crippen LogP contribution in [0.15, 0.2) is 54.6 Å². The summed E-state index contributed by atoms with van der Waals surface area (Å²) in [5.41, 5.74) is 1.40. The lowest BCUT2D eigenvalue weighted by molar-refractivity contribution is 0.199. The molecule has 4 nitrogen and oxygen atoms in total. The van der Waals surface area contributed by atoms with Gasteiger partial charge >= 0.3 is 0 Å². The molecule has 1 aromatic heterocycles. The summed E-state index contributed by atoms with van der Waals surface area (Å²) >= 11 is 0. The van der Waals surface area contributed by atoms with Gasteiger partial charge in [0.25, 0.3) is 0 Å². The topological polar surface area (TPSA) is 38.2 Å². The molecular weight excluding hydrogens is 262 g/mol. The maximum atomic E-state index is 5.83. The molecule has 1 aromatic rings. The number of anilines is 1. The Kier molecular flexibility index (Phi) is 4.78. The lowest BCUT2D eigenvalue weighted by atomic mass is 9.91. The molecule has 0 amide bonds. The number of aromatic nitrogens is 2. The first-order chi connectivity index (χ1) is 9.99. The van der Waals surface area contributed by atoms with E-state index in [1.807, 2.05) is 17.0 Å². The van der Waals surface area contributed by atoms with E-state index in [1.54, 1.807) is 18.5 Å². The molecule has 0 atom stereocenters. The minimum absolute atomic E-state index is 0.248. The number of hydrogen-bond donors (Lipinski definition) is 0. The summed E-state index contributed by atoms with van der Waals surface area (Å²) in [7, 11) is 0. The first kappa shape index (κ1) is 15.3. The highest BCUT2D eigenvalue weighted by atomic mass is 16.5. The summed E-state index contributed by atoms with van der Waals surface area (Å²) in [5, 5.41) is 0. The third-order valence-electron chi connectivity index (χ3n) is 3.12. The van der Waals surface area contributed by atoms with E-state index in [1.165, 1.54) is 0 Å². The highest BCUT2D eigenvalue weighted by Gasteiger charge is 2.22. The van der Waals surface area contributed by atoms with Crippen LogP contribution in [0.1, 0.15) is 27.2 Å². The van der Waals surface area contributed by atoms with Gasteiger partial charge in [0.2, 0.25) is 5.95 Å². The molecule has 0 bridgehead atoms. The van der Waals surface area contributed by atoms with Crippen LogP contribution in [0, 0.1) is 5.41 Å². The van der Waals surface area contributed by atoms with Crippen molar-refractivity contribution < 1.29 is 4.74 Å². The van der Waals surface area contributed by atoms with E-state index in [0.29, 0.717) is 12.7 Å². The van der Waals surface area contributed by atoms with Gasteiger partial charge in [-0.3, -0.25) is 0 Å². The minimum atomic E-state index is 0.248. The Bertz CT molecular complexity index is 541. The maximum Gasteiger partial charge on any atom is 0.228 e. The normalized spacial score (nSPS) is 19.7. The summed E-state index contributed by atoms with van der Waals surface area (Å²) in [6, 6.07) is 1.81. The highest BCUT2D eigenvalue weighted by molar-refractivity contribution is 5.41. The fraction of sp³-hybridized carbons (Fsp3) is 0.412. The van der Waals surface area contributed by atoms with Crippen LogP contribution in [0.3, 0.4) is 0 Å². The maximum absolute atomic E-state index is 5.83. The molecule has 0 N–H and O–H groups in total. The van der Waals surface area contributed by atoms with Gasteiger partial charge in [-0.25, -0.2) is 9.97 Å². The first-order valence-corrected chi connectivity index (χ1v) is 7.16. The van der Waals surface area contributed by atoms with Crippen LogP contribution in [0.5, 0.6) is 0 Å². The van der Waals surface area contributed by atoms with Gasteiger partial charge in [-0.1, -0.05) is 39.5 Å². The Hall–Kier alpha value is -2.10. The second-order valence-corrected chi connectivity index (χ2v) is 6.28. The summed E-state index contributed by atoms with van der Waals surface area (Å²) in [6.45, 7) is 11.6. The van der Waals surface area contributed by atoms with Gasteiger partial charge in [0.05, 0.1) is 6.54 Å². The van der Waals surface area contributed by atoms with Crippen molar-refractivity contribution in [2.45, 2.75) is 27.2 Å². The molecule has 2 heterocycles. The second-order valence-electron chi connectivity index (χ2n) is 6.28. The van der Waals surface area contributed by atoms with Gasteiger partial charge in [0.1, 0.15) is 5.76 Å². The van der Waals surface area contributed by atoms with Crippen LogP contribution in [0.25, 0.3) is 0 Å². The number of hydrogen-bond acceptors (Lipinski definition) is 4. The molecule has 0 radical (unpaired) electrons. The Morgan fingerprint density at radius 1 is 1.33 bits per heavy atom. The lowest BCUT2D eigenvalue weighted by Gasteiger charge is -2.31. The smallest absolute Gasteiger partial charge is 0.228 e. The fourth-order valence-electron chi connectivity index (χ4n) is 2.01. The van der Waals surface area contributed by atoms with Crippen LogP contribution in [-0.2, 0) is 4.74 Å². The third kappa shape index (κ3) is 4.45. The van der Waals surface area contributed by atoms with Crippen molar-refractivity contribution in [1.29, 1.82) is 0 Å². The van der Waals surface area contributed by atoms with E-state index >= 15 is 0 Å². The zero-order chi connectivity index (χ0) is 15.3. The SMILES string of the molecule is C=C/C=C1/OCN(c2ncccn2)C/C1=C/CC(C)(C)C. The Morgan fingerprint density at radius 3 is 2.67 bits per heavy atom. The van der Waals surface area contributed by atoms with E-state index in [9.17, 15) is 0 Å². The predicted octanol–water partition coefficient (Wildman–Crippen LogP) is 3.70. The van der Waals surface area contributed by atoms with E-state index in [0.717, 1.165) is 24.3 Å². The number of rotatable bonds is 3. The van der Waals surface area contributed by atoms with Crippen molar-refractivity contribution in [2.24, 2.45) is 5.41 Å². The Balaban J connectivity index is 2.20. The van der Waals surface area contributed by atoms with Crippen LogP contribution in [0.2, 0.25) is 0 Å². The van der Waals surface area contributed by atoms with E-state index in [-0.39, 0.29) is 5.41 Å². The average Bonchev–Trinajstić information content (AvgIpc) is 2.46. The average molecular weight is 285 g/mol. The molecule has 0 unspecified atom stereocenters. The zero-order valence-corrected chi connectivity index (χ0v) is 13.0. The zero-order valence-electron chi connectivity index (χ0n) is 13.0. The Morgan fingerprint density at radius 2 is 2.05 bits per heavy atom. The van der Waals surface area contributed by atoms with Crippen molar-refractivity contribution >= 4 is 5.95 Å². The minimum Gasteiger partial charge on any atom is -0.473 e. The van der Waals surface area contributed by atoms with E-state index in [2.05, 4.69) is 43.4 Å². The van der Waals surface area contributed by atoms with Gasteiger partial charge in [-0.2, -0.15) is 0 Å². The molecule has 0 aromatic carbocycles. The van der Waals surface area contributed by atoms with Crippen LogP contribution in [0.4, 0.5) is 5.95 Å². The molecule has 4 heteroatoms. The monoisotopic (exact) mass is 285 g/mol. The van der Waals surface area contributed by atoms with Crippen molar-refractivity contribution in [1.82, 2.24) is 9.97 Å². The van der Waals surface area contributed by atoms with Crippen LogP contribution < -0.4 is 4.90 Å². The molecule has 2 rings (SSSR count). The molecule has 1 saturated heterocycles. The highest BCUT2D eigenvalue weighted by Crippen LogP contribution is 2.26. The standard InChI is InChI=1S/C17H23N3O/c1-5-7-15-14(8-9-17(2,3)4)12-20(13-21-15)16-18-10-6-11-19-16/h5-8,10-11H,1,9,12-13H2,2-4H3/b14-8-,15-7+. The lowest BCUT2D eigenvalue weighted by Crippen LogP contribution is -2.35. The number of nitrogens with zero attached hydrogens (tertiary/aromatic N) is 3. The van der Waals surface area contributed by atoms with Crippen molar-refractivity contribution in [3.05, 3.63) is 54.6 Å². The molecule has 1 fully saturated rings. The molecule has 1 aliphatic heterocycles. The van der Waals surface area contributed by atoms with Crippen LogP contribution in [-0.4, -0.2) is 23.2 Å². The van der Waals surface area contributed by atoms with Gasteiger partial charge < -0.3 is 9.64 Å². The van der Waals surface area contributed by atoms with Crippen molar-refractivity contribution in [3.8, 4) is 0 Å².